The molecule has 0 aliphatic rings. The monoisotopic (exact) mass is 139 g/mol. The average Bonchev–Trinajstić information content (AvgIpc) is 1.86. The van der Waals surface area contributed by atoms with E-state index in [1.165, 1.54) is 6.92 Å². The smallest absolute Gasteiger partial charge is 0.221 e. The van der Waals surface area contributed by atoms with Gasteiger partial charge in [0.05, 0.1) is 0 Å². The van der Waals surface area contributed by atoms with Crippen LogP contribution in [0.5, 0.6) is 0 Å². The predicted molar refractivity (Wildman–Crippen MR) is 42.4 cm³/mol. The summed E-state index contributed by atoms with van der Waals surface area (Å²) >= 11 is 0. The summed E-state index contributed by atoms with van der Waals surface area (Å²) in [7, 11) is 0. The Hall–Kier alpha value is -1.05. The van der Waals surface area contributed by atoms with E-state index >= 15 is 0 Å². The van der Waals surface area contributed by atoms with Crippen LogP contribution in [0.15, 0.2) is 23.9 Å². The van der Waals surface area contributed by atoms with E-state index in [9.17, 15) is 4.79 Å². The fraction of sp³-hybridized carbons (Fsp3) is 0.375. The van der Waals surface area contributed by atoms with Gasteiger partial charge in [0.15, 0.2) is 0 Å². The molecular formula is C8H13NO. The van der Waals surface area contributed by atoms with E-state index in [1.807, 2.05) is 32.1 Å². The molecule has 2 heteroatoms. The topological polar surface area (TPSA) is 29.1 Å². The van der Waals surface area contributed by atoms with Crippen LogP contribution in [0, 0.1) is 0 Å². The minimum atomic E-state index is -0.0359. The van der Waals surface area contributed by atoms with E-state index in [0.717, 1.165) is 5.70 Å². The number of amides is 1. The molecule has 0 spiro atoms. The van der Waals surface area contributed by atoms with Gasteiger partial charge in [-0.1, -0.05) is 12.2 Å². The van der Waals surface area contributed by atoms with Gasteiger partial charge in [-0.2, -0.15) is 0 Å². The second-order valence-corrected chi connectivity index (χ2v) is 1.93. The Kier molecular flexibility index (Phi) is 4.29. The lowest BCUT2D eigenvalue weighted by molar-refractivity contribution is -0.118. The van der Waals surface area contributed by atoms with Gasteiger partial charge in [-0.05, 0) is 19.9 Å². The van der Waals surface area contributed by atoms with E-state index in [-0.39, 0.29) is 5.91 Å². The van der Waals surface area contributed by atoms with Gasteiger partial charge in [0, 0.05) is 12.6 Å². The van der Waals surface area contributed by atoms with Gasteiger partial charge >= 0.3 is 0 Å². The van der Waals surface area contributed by atoms with Gasteiger partial charge in [0.2, 0.25) is 5.91 Å². The average molecular weight is 139 g/mol. The van der Waals surface area contributed by atoms with Gasteiger partial charge in [0.1, 0.15) is 0 Å². The number of rotatable bonds is 2. The zero-order valence-electron chi connectivity index (χ0n) is 6.64. The second-order valence-electron chi connectivity index (χ2n) is 1.93. The maximum absolute atomic E-state index is 10.5. The number of nitrogens with one attached hydrogen (secondary N) is 1. The molecule has 0 fully saturated rings. The summed E-state index contributed by atoms with van der Waals surface area (Å²) in [6.45, 7) is 5.28. The van der Waals surface area contributed by atoms with E-state index < -0.39 is 0 Å². The third-order valence-corrected chi connectivity index (χ3v) is 0.978. The molecule has 0 atom stereocenters. The molecule has 2 nitrogen and oxygen atoms in total. The molecule has 56 valence electrons. The zero-order valence-corrected chi connectivity index (χ0v) is 6.64. The van der Waals surface area contributed by atoms with Crippen molar-refractivity contribution in [3.63, 3.8) is 0 Å². The summed E-state index contributed by atoms with van der Waals surface area (Å²) in [6.07, 6.45) is 5.58. The van der Waals surface area contributed by atoms with E-state index in [2.05, 4.69) is 5.32 Å². The van der Waals surface area contributed by atoms with Crippen LogP contribution in [0.25, 0.3) is 0 Å². The van der Waals surface area contributed by atoms with Crippen molar-refractivity contribution in [2.24, 2.45) is 0 Å². The first kappa shape index (κ1) is 8.95. The normalized spacial score (nSPS) is 12.1. The van der Waals surface area contributed by atoms with Gasteiger partial charge < -0.3 is 5.32 Å². The first-order valence-corrected chi connectivity index (χ1v) is 3.27. The fourth-order valence-corrected chi connectivity index (χ4v) is 0.593. The third kappa shape index (κ3) is 3.89. The van der Waals surface area contributed by atoms with Crippen molar-refractivity contribution in [2.45, 2.75) is 20.8 Å². The molecule has 0 aliphatic heterocycles. The molecule has 0 heterocycles. The second kappa shape index (κ2) is 4.79. The largest absolute Gasteiger partial charge is 0.327 e. The van der Waals surface area contributed by atoms with Crippen molar-refractivity contribution < 1.29 is 4.79 Å². The first-order chi connectivity index (χ1) is 4.70. The standard InChI is InChI=1S/C8H13NO/c1-4-6-8(5-2)9-7(3)10/h4-6H,1-3H3,(H,9,10). The minimum Gasteiger partial charge on any atom is -0.327 e. The molecule has 0 saturated carbocycles. The number of carbonyl (C=O) groups is 1. The third-order valence-electron chi connectivity index (χ3n) is 0.978. The van der Waals surface area contributed by atoms with Crippen molar-refractivity contribution in [3.05, 3.63) is 23.9 Å². The summed E-state index contributed by atoms with van der Waals surface area (Å²) in [6, 6.07) is 0. The summed E-state index contributed by atoms with van der Waals surface area (Å²) in [5.41, 5.74) is 0.843. The lowest BCUT2D eigenvalue weighted by Crippen LogP contribution is -2.17. The highest BCUT2D eigenvalue weighted by molar-refractivity contribution is 5.75. The highest BCUT2D eigenvalue weighted by atomic mass is 16.1. The van der Waals surface area contributed by atoms with Gasteiger partial charge in [0.25, 0.3) is 0 Å². The van der Waals surface area contributed by atoms with Crippen molar-refractivity contribution in [3.8, 4) is 0 Å². The molecule has 0 aliphatic carbocycles. The molecule has 1 N–H and O–H groups in total. The summed E-state index contributed by atoms with van der Waals surface area (Å²) < 4.78 is 0. The van der Waals surface area contributed by atoms with Gasteiger partial charge in [-0.25, -0.2) is 0 Å². The lowest BCUT2D eigenvalue weighted by atomic mass is 10.3. The zero-order chi connectivity index (χ0) is 7.98. The molecule has 10 heavy (non-hydrogen) atoms. The number of carbonyl (C=O) groups excluding carboxylic acids is 1. The summed E-state index contributed by atoms with van der Waals surface area (Å²) in [5, 5.41) is 2.67. The number of allylic oxidation sites excluding steroid dienone is 3. The van der Waals surface area contributed by atoms with Crippen LogP contribution in [-0.4, -0.2) is 5.91 Å². The number of hydrogen-bond donors (Lipinski definition) is 1. The summed E-state index contributed by atoms with van der Waals surface area (Å²) in [4.78, 5) is 10.5. The Morgan fingerprint density at radius 3 is 2.30 bits per heavy atom. The fourth-order valence-electron chi connectivity index (χ4n) is 0.593. The molecule has 0 radical (unpaired) electrons. The van der Waals surface area contributed by atoms with Crippen molar-refractivity contribution in [1.82, 2.24) is 5.32 Å². The van der Waals surface area contributed by atoms with Crippen LogP contribution in [0.4, 0.5) is 0 Å². The molecule has 0 aromatic rings. The van der Waals surface area contributed by atoms with Crippen molar-refractivity contribution in [1.29, 1.82) is 0 Å². The van der Waals surface area contributed by atoms with Crippen LogP contribution >= 0.6 is 0 Å². The van der Waals surface area contributed by atoms with Crippen molar-refractivity contribution in [2.75, 3.05) is 0 Å². The maximum Gasteiger partial charge on any atom is 0.221 e. The Balaban J connectivity index is 3.98. The molecule has 1 amide bonds. The molecule has 0 aromatic heterocycles. The highest BCUT2D eigenvalue weighted by Crippen LogP contribution is 1.89. The predicted octanol–water partition coefficient (Wildman–Crippen LogP) is 1.60. The Morgan fingerprint density at radius 1 is 1.40 bits per heavy atom. The van der Waals surface area contributed by atoms with E-state index in [0.29, 0.717) is 0 Å². The molecular weight excluding hydrogens is 126 g/mol. The maximum atomic E-state index is 10.5. The number of hydrogen-bond acceptors (Lipinski definition) is 1. The van der Waals surface area contributed by atoms with E-state index in [1.54, 1.807) is 0 Å². The summed E-state index contributed by atoms with van der Waals surface area (Å²) in [5.74, 6) is -0.0359. The van der Waals surface area contributed by atoms with Gasteiger partial charge in [-0.3, -0.25) is 4.79 Å². The molecule has 0 bridgehead atoms. The van der Waals surface area contributed by atoms with Crippen LogP contribution in [0.3, 0.4) is 0 Å². The Labute approximate surface area is 61.6 Å². The van der Waals surface area contributed by atoms with Crippen LogP contribution in [0.1, 0.15) is 20.8 Å². The Morgan fingerprint density at radius 2 is 2.00 bits per heavy atom. The molecule has 0 unspecified atom stereocenters. The lowest BCUT2D eigenvalue weighted by Gasteiger charge is -1.99. The Bertz CT molecular complexity index is 168. The van der Waals surface area contributed by atoms with Crippen LogP contribution < -0.4 is 5.32 Å². The SMILES string of the molecule is CC=CC(=CC)NC(C)=O. The van der Waals surface area contributed by atoms with E-state index in [4.69, 9.17) is 0 Å². The minimum absolute atomic E-state index is 0.0359. The molecule has 0 saturated heterocycles. The van der Waals surface area contributed by atoms with Crippen LogP contribution in [0.2, 0.25) is 0 Å². The first-order valence-electron chi connectivity index (χ1n) is 3.27. The van der Waals surface area contributed by atoms with Crippen LogP contribution in [-0.2, 0) is 4.79 Å². The molecule has 0 aromatic carbocycles. The van der Waals surface area contributed by atoms with Gasteiger partial charge in [-0.15, -0.1) is 0 Å². The highest BCUT2D eigenvalue weighted by Gasteiger charge is 1.90. The molecule has 0 rings (SSSR count). The quantitative estimate of drug-likeness (QED) is 0.578. The van der Waals surface area contributed by atoms with Crippen molar-refractivity contribution >= 4 is 5.91 Å².